The van der Waals surface area contributed by atoms with Crippen LogP contribution in [0.25, 0.3) is 0 Å². The van der Waals surface area contributed by atoms with Crippen molar-refractivity contribution in [3.05, 3.63) is 101 Å². The second kappa shape index (κ2) is 12.5. The van der Waals surface area contributed by atoms with E-state index in [1.54, 1.807) is 0 Å². The molecule has 0 unspecified atom stereocenters. The number of anilines is 1. The van der Waals surface area contributed by atoms with Crippen LogP contribution in [0.15, 0.2) is 78.9 Å². The van der Waals surface area contributed by atoms with Gasteiger partial charge in [-0.2, -0.15) is 0 Å². The number of carbonyl (C=O) groups is 2. The Hall–Kier alpha value is -3.48. The summed E-state index contributed by atoms with van der Waals surface area (Å²) in [4.78, 5) is 30.0. The second-order valence-electron chi connectivity index (χ2n) is 9.50. The zero-order valence-corrected chi connectivity index (χ0v) is 21.2. The molecule has 0 atom stereocenters. The first-order chi connectivity index (χ1) is 17.5. The summed E-state index contributed by atoms with van der Waals surface area (Å²) in [6, 6.07) is 26.0. The van der Waals surface area contributed by atoms with Crippen LogP contribution in [0.4, 0.5) is 5.69 Å². The Balaban J connectivity index is 1.23. The minimum atomic E-state index is -0.160. The van der Waals surface area contributed by atoms with Gasteiger partial charge in [-0.15, -0.1) is 0 Å². The lowest BCUT2D eigenvalue weighted by molar-refractivity contribution is -0.122. The molecule has 3 aromatic rings. The Morgan fingerprint density at radius 1 is 0.722 bits per heavy atom. The van der Waals surface area contributed by atoms with E-state index < -0.39 is 0 Å². The quantitative estimate of drug-likeness (QED) is 0.479. The van der Waals surface area contributed by atoms with Gasteiger partial charge in [0.2, 0.25) is 11.8 Å². The molecule has 1 aliphatic heterocycles. The molecule has 1 heterocycles. The molecule has 1 aliphatic rings. The van der Waals surface area contributed by atoms with E-state index in [2.05, 4.69) is 20.4 Å². The van der Waals surface area contributed by atoms with Crippen molar-refractivity contribution >= 4 is 17.5 Å². The van der Waals surface area contributed by atoms with E-state index in [1.807, 2.05) is 92.7 Å². The summed E-state index contributed by atoms with van der Waals surface area (Å²) in [6.07, 6.45) is 0.448. The number of nitrogens with one attached hydrogen (secondary N) is 2. The highest BCUT2D eigenvalue weighted by Gasteiger charge is 2.21. The summed E-state index contributed by atoms with van der Waals surface area (Å²) in [5.74, 6) is 0.0659. The zero-order chi connectivity index (χ0) is 25.3. The summed E-state index contributed by atoms with van der Waals surface area (Å²) < 4.78 is 0. The maximum absolute atomic E-state index is 12.9. The highest BCUT2D eigenvalue weighted by atomic mass is 16.2. The first-order valence-electron chi connectivity index (χ1n) is 12.7. The molecule has 6 nitrogen and oxygen atoms in total. The number of piperazine rings is 1. The predicted molar refractivity (Wildman–Crippen MR) is 145 cm³/mol. The smallest absolute Gasteiger partial charge is 0.238 e. The van der Waals surface area contributed by atoms with Crippen molar-refractivity contribution < 1.29 is 9.59 Å². The van der Waals surface area contributed by atoms with Crippen molar-refractivity contribution in [2.45, 2.75) is 26.3 Å². The summed E-state index contributed by atoms with van der Waals surface area (Å²) in [5.41, 5.74) is 5.22. The van der Waals surface area contributed by atoms with Crippen molar-refractivity contribution in [1.82, 2.24) is 15.1 Å². The Morgan fingerprint density at radius 2 is 1.25 bits per heavy atom. The van der Waals surface area contributed by atoms with Gasteiger partial charge < -0.3 is 15.5 Å². The van der Waals surface area contributed by atoms with Crippen LogP contribution in [0.2, 0.25) is 0 Å². The van der Waals surface area contributed by atoms with Crippen LogP contribution in [0, 0.1) is 13.8 Å². The van der Waals surface area contributed by atoms with Gasteiger partial charge in [-0.25, -0.2) is 0 Å². The summed E-state index contributed by atoms with van der Waals surface area (Å²) in [6.45, 7) is 8.47. The number of aryl methyl sites for hydroxylation is 2. The number of hydrogen-bond donors (Lipinski definition) is 2. The Morgan fingerprint density at radius 3 is 1.81 bits per heavy atom. The number of carbonyl (C=O) groups excluding carboxylic acids is 2. The zero-order valence-electron chi connectivity index (χ0n) is 21.2. The van der Waals surface area contributed by atoms with Gasteiger partial charge in [0.05, 0.1) is 12.6 Å². The molecule has 2 amide bonds. The molecule has 0 radical (unpaired) electrons. The van der Waals surface area contributed by atoms with Gasteiger partial charge in [-0.3, -0.25) is 14.5 Å². The summed E-state index contributed by atoms with van der Waals surface area (Å²) in [5, 5.41) is 6.30. The minimum absolute atomic E-state index is 0.0214. The molecule has 36 heavy (non-hydrogen) atoms. The van der Waals surface area contributed by atoms with Crippen LogP contribution < -0.4 is 10.6 Å². The lowest BCUT2D eigenvalue weighted by Crippen LogP contribution is -2.49. The molecule has 3 aromatic carbocycles. The molecule has 0 saturated carbocycles. The maximum Gasteiger partial charge on any atom is 0.238 e. The van der Waals surface area contributed by atoms with Crippen LogP contribution in [-0.2, 0) is 9.59 Å². The summed E-state index contributed by atoms with van der Waals surface area (Å²) in [7, 11) is 0. The van der Waals surface area contributed by atoms with Gasteiger partial charge in [-0.1, -0.05) is 78.9 Å². The topological polar surface area (TPSA) is 64.7 Å². The number of nitrogens with zero attached hydrogens (tertiary/aromatic N) is 2. The average molecular weight is 485 g/mol. The van der Waals surface area contributed by atoms with Gasteiger partial charge in [0.1, 0.15) is 0 Å². The largest absolute Gasteiger partial charge is 0.345 e. The molecular weight excluding hydrogens is 448 g/mol. The molecule has 0 bridgehead atoms. The minimum Gasteiger partial charge on any atom is -0.345 e. The van der Waals surface area contributed by atoms with Crippen molar-refractivity contribution in [2.24, 2.45) is 0 Å². The number of amides is 2. The van der Waals surface area contributed by atoms with E-state index in [4.69, 9.17) is 0 Å². The van der Waals surface area contributed by atoms with Crippen LogP contribution in [0.1, 0.15) is 34.7 Å². The van der Waals surface area contributed by atoms with Crippen LogP contribution in [0.5, 0.6) is 0 Å². The first-order valence-corrected chi connectivity index (χ1v) is 12.7. The van der Waals surface area contributed by atoms with Gasteiger partial charge >= 0.3 is 0 Å². The monoisotopic (exact) mass is 484 g/mol. The van der Waals surface area contributed by atoms with Crippen molar-refractivity contribution in [3.63, 3.8) is 0 Å². The van der Waals surface area contributed by atoms with E-state index in [0.717, 1.165) is 54.1 Å². The fraction of sp³-hybridized carbons (Fsp3) is 0.333. The van der Waals surface area contributed by atoms with Gasteiger partial charge in [0.25, 0.3) is 0 Å². The van der Waals surface area contributed by atoms with E-state index in [0.29, 0.717) is 19.5 Å². The van der Waals surface area contributed by atoms with E-state index >= 15 is 0 Å². The molecule has 0 spiro atoms. The van der Waals surface area contributed by atoms with Gasteiger partial charge in [-0.05, 0) is 36.1 Å². The number of para-hydroxylation sites is 1. The van der Waals surface area contributed by atoms with Gasteiger partial charge in [0.15, 0.2) is 0 Å². The Bertz CT molecular complexity index is 1080. The number of rotatable bonds is 9. The second-order valence-corrected chi connectivity index (χ2v) is 9.50. The van der Waals surface area contributed by atoms with Crippen LogP contribution in [-0.4, -0.2) is 60.9 Å². The third kappa shape index (κ3) is 7.03. The predicted octanol–water partition coefficient (Wildman–Crippen LogP) is 4.16. The van der Waals surface area contributed by atoms with Crippen molar-refractivity contribution in [2.75, 3.05) is 44.6 Å². The first kappa shape index (κ1) is 25.6. The number of hydrogen-bond acceptors (Lipinski definition) is 4. The molecule has 2 N–H and O–H groups in total. The molecular formula is C30H36N4O2. The SMILES string of the molecule is Cc1cccc(C)c1NC(=O)CN1CCN(CCC(=O)NC(c2ccccc2)c2ccccc2)CC1. The molecule has 0 aromatic heterocycles. The third-order valence-corrected chi connectivity index (χ3v) is 6.80. The highest BCUT2D eigenvalue weighted by molar-refractivity contribution is 5.93. The third-order valence-electron chi connectivity index (χ3n) is 6.80. The highest BCUT2D eigenvalue weighted by Crippen LogP contribution is 2.22. The molecule has 0 aliphatic carbocycles. The normalized spacial score (nSPS) is 14.5. The summed E-state index contributed by atoms with van der Waals surface area (Å²) >= 11 is 0. The fourth-order valence-electron chi connectivity index (χ4n) is 4.71. The van der Waals surface area contributed by atoms with E-state index in [-0.39, 0.29) is 17.9 Å². The van der Waals surface area contributed by atoms with Gasteiger partial charge in [0, 0.05) is 44.8 Å². The fourth-order valence-corrected chi connectivity index (χ4v) is 4.71. The molecule has 6 heteroatoms. The number of benzene rings is 3. The Labute approximate surface area is 214 Å². The lowest BCUT2D eigenvalue weighted by atomic mass is 9.98. The standard InChI is InChI=1S/C30H36N4O2/c1-23-10-9-11-24(2)29(23)32-28(36)22-34-20-18-33(19-21-34)17-16-27(35)31-30(25-12-5-3-6-13-25)26-14-7-4-8-15-26/h3-15,30H,16-22H2,1-2H3,(H,31,35)(H,32,36). The van der Waals surface area contributed by atoms with Crippen LogP contribution >= 0.6 is 0 Å². The van der Waals surface area contributed by atoms with Crippen molar-refractivity contribution in [3.8, 4) is 0 Å². The maximum atomic E-state index is 12.9. The van der Waals surface area contributed by atoms with E-state index in [9.17, 15) is 9.59 Å². The van der Waals surface area contributed by atoms with E-state index in [1.165, 1.54) is 0 Å². The molecule has 1 fully saturated rings. The molecule has 4 rings (SSSR count). The Kier molecular flexibility index (Phi) is 8.87. The average Bonchev–Trinajstić information content (AvgIpc) is 2.90. The lowest BCUT2D eigenvalue weighted by Gasteiger charge is -2.34. The van der Waals surface area contributed by atoms with Crippen molar-refractivity contribution in [1.29, 1.82) is 0 Å². The molecule has 188 valence electrons. The van der Waals surface area contributed by atoms with Crippen LogP contribution in [0.3, 0.4) is 0 Å². The molecule has 1 saturated heterocycles.